The Hall–Kier alpha value is -1.90. The molecule has 98 valence electrons. The summed E-state index contributed by atoms with van der Waals surface area (Å²) < 4.78 is 5.96. The molecule has 0 spiro atoms. The quantitative estimate of drug-likeness (QED) is 0.629. The Balaban J connectivity index is 1.90. The molecule has 0 amide bonds. The minimum Gasteiger partial charge on any atom is -0.459 e. The number of fused-ring (bicyclic) bond motifs is 3. The van der Waals surface area contributed by atoms with Crippen LogP contribution in [0.1, 0.15) is 38.4 Å². The van der Waals surface area contributed by atoms with Gasteiger partial charge in [-0.15, -0.1) is 10.2 Å². The molecule has 3 aromatic rings. The van der Waals surface area contributed by atoms with Gasteiger partial charge in [-0.1, -0.05) is 38.3 Å². The summed E-state index contributed by atoms with van der Waals surface area (Å²) in [6.45, 7) is 2.23. The minimum absolute atomic E-state index is 0.865. The number of hydrogen-bond acceptors (Lipinski definition) is 3. The van der Waals surface area contributed by atoms with Gasteiger partial charge in [-0.3, -0.25) is 0 Å². The van der Waals surface area contributed by atoms with Crippen LogP contribution < -0.4 is 0 Å². The largest absolute Gasteiger partial charge is 0.459 e. The highest BCUT2D eigenvalue weighted by atomic mass is 16.3. The summed E-state index contributed by atoms with van der Waals surface area (Å²) in [4.78, 5) is 0. The van der Waals surface area contributed by atoms with Crippen molar-refractivity contribution in [1.29, 1.82) is 0 Å². The first-order valence-corrected chi connectivity index (χ1v) is 7.02. The van der Waals surface area contributed by atoms with Crippen molar-refractivity contribution in [3.05, 3.63) is 36.1 Å². The van der Waals surface area contributed by atoms with Crippen LogP contribution in [0.3, 0.4) is 0 Å². The molecule has 0 aliphatic rings. The number of unbranched alkanes of at least 4 members (excludes halogenated alkanes) is 3. The van der Waals surface area contributed by atoms with Gasteiger partial charge < -0.3 is 4.42 Å². The Kier molecular flexibility index (Phi) is 3.45. The maximum absolute atomic E-state index is 5.96. The molecule has 1 aromatic carbocycles. The van der Waals surface area contributed by atoms with Crippen LogP contribution in [0.4, 0.5) is 0 Å². The van der Waals surface area contributed by atoms with E-state index in [0.29, 0.717) is 0 Å². The lowest BCUT2D eigenvalue weighted by atomic mass is 10.1. The number of hydrogen-bond donors (Lipinski definition) is 0. The first-order chi connectivity index (χ1) is 9.38. The summed E-state index contributed by atoms with van der Waals surface area (Å²) in [6.07, 6.45) is 5.99. The SMILES string of the molecule is CCCCCCc1cc2nnc3ccccc3c2o1. The van der Waals surface area contributed by atoms with Crippen molar-refractivity contribution >= 4 is 22.0 Å². The van der Waals surface area contributed by atoms with Crippen molar-refractivity contribution in [2.75, 3.05) is 0 Å². The normalized spacial score (nSPS) is 11.4. The first kappa shape index (κ1) is 12.2. The lowest BCUT2D eigenvalue weighted by Crippen LogP contribution is -1.83. The second-order valence-corrected chi connectivity index (χ2v) is 4.95. The Bertz CT molecular complexity index is 687. The summed E-state index contributed by atoms with van der Waals surface area (Å²) in [5.74, 6) is 1.02. The number of furan rings is 1. The molecule has 0 aliphatic heterocycles. The summed E-state index contributed by atoms with van der Waals surface area (Å²) in [7, 11) is 0. The van der Waals surface area contributed by atoms with Gasteiger partial charge in [0.15, 0.2) is 5.58 Å². The van der Waals surface area contributed by atoms with Gasteiger partial charge in [0, 0.05) is 17.9 Å². The zero-order chi connectivity index (χ0) is 13.1. The summed E-state index contributed by atoms with van der Waals surface area (Å²) in [5.41, 5.74) is 2.63. The average Bonchev–Trinajstić information content (AvgIpc) is 2.87. The van der Waals surface area contributed by atoms with Gasteiger partial charge in [-0.05, 0) is 18.6 Å². The molecule has 0 fully saturated rings. The van der Waals surface area contributed by atoms with Crippen molar-refractivity contribution in [2.24, 2.45) is 0 Å². The second-order valence-electron chi connectivity index (χ2n) is 4.95. The third-order valence-corrected chi connectivity index (χ3v) is 3.45. The van der Waals surface area contributed by atoms with Crippen LogP contribution in [0.15, 0.2) is 34.7 Å². The van der Waals surface area contributed by atoms with E-state index in [1.165, 1.54) is 25.7 Å². The number of benzene rings is 1. The topological polar surface area (TPSA) is 38.9 Å². The molecule has 0 atom stereocenters. The van der Waals surface area contributed by atoms with E-state index in [4.69, 9.17) is 4.42 Å². The highest BCUT2D eigenvalue weighted by molar-refractivity contribution is 5.99. The van der Waals surface area contributed by atoms with Crippen LogP contribution in [0.25, 0.3) is 22.0 Å². The van der Waals surface area contributed by atoms with E-state index in [-0.39, 0.29) is 0 Å². The first-order valence-electron chi connectivity index (χ1n) is 7.02. The van der Waals surface area contributed by atoms with Crippen molar-refractivity contribution < 1.29 is 4.42 Å². The van der Waals surface area contributed by atoms with E-state index in [2.05, 4.69) is 17.1 Å². The molecule has 3 heteroatoms. The van der Waals surface area contributed by atoms with Crippen LogP contribution in [0.5, 0.6) is 0 Å². The second kappa shape index (κ2) is 5.39. The van der Waals surface area contributed by atoms with E-state index < -0.39 is 0 Å². The smallest absolute Gasteiger partial charge is 0.164 e. The molecular formula is C16H18N2O. The van der Waals surface area contributed by atoms with Crippen molar-refractivity contribution in [2.45, 2.75) is 39.0 Å². The molecule has 0 N–H and O–H groups in total. The lowest BCUT2D eigenvalue weighted by molar-refractivity contribution is 0.529. The van der Waals surface area contributed by atoms with E-state index in [9.17, 15) is 0 Å². The van der Waals surface area contributed by atoms with Gasteiger partial charge in [0.05, 0.1) is 5.52 Å². The molecule has 3 rings (SSSR count). The molecular weight excluding hydrogens is 236 g/mol. The maximum atomic E-state index is 5.96. The Morgan fingerprint density at radius 1 is 1.00 bits per heavy atom. The molecule has 3 nitrogen and oxygen atoms in total. The third kappa shape index (κ3) is 2.46. The summed E-state index contributed by atoms with van der Waals surface area (Å²) in [6, 6.07) is 10.0. The highest BCUT2D eigenvalue weighted by Gasteiger charge is 2.09. The Morgan fingerprint density at radius 2 is 1.84 bits per heavy atom. The Morgan fingerprint density at radius 3 is 2.74 bits per heavy atom. The van der Waals surface area contributed by atoms with Crippen LogP contribution in [-0.4, -0.2) is 10.2 Å². The van der Waals surface area contributed by atoms with Crippen molar-refractivity contribution in [3.63, 3.8) is 0 Å². The molecule has 0 saturated carbocycles. The molecule has 0 bridgehead atoms. The predicted molar refractivity (Wildman–Crippen MR) is 77.2 cm³/mol. The van der Waals surface area contributed by atoms with Crippen LogP contribution in [-0.2, 0) is 6.42 Å². The fourth-order valence-electron chi connectivity index (χ4n) is 2.41. The monoisotopic (exact) mass is 254 g/mol. The van der Waals surface area contributed by atoms with Gasteiger partial charge in [0.2, 0.25) is 0 Å². The number of aromatic nitrogens is 2. The predicted octanol–water partition coefficient (Wildman–Crippen LogP) is 4.50. The van der Waals surface area contributed by atoms with Crippen LogP contribution in [0, 0.1) is 0 Å². The average molecular weight is 254 g/mol. The fraction of sp³-hybridized carbons (Fsp3) is 0.375. The standard InChI is InChI=1S/C16H18N2O/c1-2-3-4-5-8-12-11-15-16(19-12)13-9-6-7-10-14(13)17-18-15/h6-7,9-11H,2-5,8H2,1H3. The van der Waals surface area contributed by atoms with Crippen LogP contribution >= 0.6 is 0 Å². The number of nitrogens with zero attached hydrogens (tertiary/aromatic N) is 2. The Labute approximate surface area is 112 Å². The zero-order valence-electron chi connectivity index (χ0n) is 11.2. The van der Waals surface area contributed by atoms with Gasteiger partial charge in [0.25, 0.3) is 0 Å². The summed E-state index contributed by atoms with van der Waals surface area (Å²) >= 11 is 0. The van der Waals surface area contributed by atoms with Crippen molar-refractivity contribution in [1.82, 2.24) is 10.2 Å². The maximum Gasteiger partial charge on any atom is 0.164 e. The van der Waals surface area contributed by atoms with Crippen LogP contribution in [0.2, 0.25) is 0 Å². The van der Waals surface area contributed by atoms with Gasteiger partial charge >= 0.3 is 0 Å². The zero-order valence-corrected chi connectivity index (χ0v) is 11.2. The highest BCUT2D eigenvalue weighted by Crippen LogP contribution is 2.25. The van der Waals surface area contributed by atoms with Gasteiger partial charge in [0.1, 0.15) is 11.3 Å². The van der Waals surface area contributed by atoms with Gasteiger partial charge in [-0.25, -0.2) is 0 Å². The van der Waals surface area contributed by atoms with E-state index in [1.54, 1.807) is 0 Å². The number of aryl methyl sites for hydroxylation is 1. The fourth-order valence-corrected chi connectivity index (χ4v) is 2.41. The molecule has 0 unspecified atom stereocenters. The third-order valence-electron chi connectivity index (χ3n) is 3.45. The molecule has 2 aromatic heterocycles. The van der Waals surface area contributed by atoms with E-state index in [1.807, 2.05) is 30.3 Å². The number of rotatable bonds is 5. The van der Waals surface area contributed by atoms with Crippen molar-refractivity contribution in [3.8, 4) is 0 Å². The van der Waals surface area contributed by atoms with E-state index >= 15 is 0 Å². The van der Waals surface area contributed by atoms with Gasteiger partial charge in [-0.2, -0.15) is 0 Å². The minimum atomic E-state index is 0.865. The van der Waals surface area contributed by atoms with E-state index in [0.717, 1.165) is 34.2 Å². The molecule has 0 aliphatic carbocycles. The lowest BCUT2D eigenvalue weighted by Gasteiger charge is -1.97. The summed E-state index contributed by atoms with van der Waals surface area (Å²) in [5, 5.41) is 9.50. The molecule has 19 heavy (non-hydrogen) atoms. The molecule has 0 radical (unpaired) electrons. The molecule has 2 heterocycles. The molecule has 0 saturated heterocycles.